The summed E-state index contributed by atoms with van der Waals surface area (Å²) < 4.78 is 19.6. The first-order valence-electron chi connectivity index (χ1n) is 9.15. The highest BCUT2D eigenvalue weighted by molar-refractivity contribution is 6.93. The lowest BCUT2D eigenvalue weighted by Gasteiger charge is -2.43. The van der Waals surface area contributed by atoms with Crippen LogP contribution in [0.3, 0.4) is 0 Å². The van der Waals surface area contributed by atoms with E-state index in [2.05, 4.69) is 77.0 Å². The highest BCUT2D eigenvalue weighted by atomic mass is 28.5. The van der Waals surface area contributed by atoms with Crippen molar-refractivity contribution in [3.63, 3.8) is 0 Å². The molecule has 0 radical (unpaired) electrons. The molecule has 0 aliphatic heterocycles. The van der Waals surface area contributed by atoms with E-state index in [4.69, 9.17) is 12.3 Å². The van der Waals surface area contributed by atoms with Gasteiger partial charge in [-0.3, -0.25) is 0 Å². The van der Waals surface area contributed by atoms with Crippen LogP contribution >= 0.6 is 0 Å². The minimum absolute atomic E-state index is 0.557. The predicted octanol–water partition coefficient (Wildman–Crippen LogP) is 4.60. The second kappa shape index (κ2) is 9.51. The first-order chi connectivity index (χ1) is 11.0. The van der Waals surface area contributed by atoms with Gasteiger partial charge in [0.1, 0.15) is 0 Å². The molecule has 0 N–H and O–H groups in total. The van der Waals surface area contributed by atoms with E-state index in [1.807, 2.05) is 0 Å². The Bertz CT molecular complexity index is 471. The van der Waals surface area contributed by atoms with Gasteiger partial charge in [-0.15, -0.1) is 0 Å². The molecule has 0 aliphatic carbocycles. The monoisotopic (exact) mass is 437 g/mol. The maximum atomic E-state index is 10.4. The molecule has 0 aromatic rings. The third kappa shape index (κ3) is 10.9. The van der Waals surface area contributed by atoms with Crippen molar-refractivity contribution in [2.24, 2.45) is 4.99 Å². The summed E-state index contributed by atoms with van der Waals surface area (Å²) in [4.78, 5) is 14.1. The normalized spacial score (nSPS) is 15.2. The largest absolute Gasteiger partial charge is 0.437 e. The zero-order chi connectivity index (χ0) is 20.1. The second-order valence-electron chi connectivity index (χ2n) is 9.43. The number of rotatable bonds is 11. The number of hydrogen-bond donors (Lipinski definition) is 0. The van der Waals surface area contributed by atoms with Gasteiger partial charge in [-0.2, -0.15) is 0 Å². The van der Waals surface area contributed by atoms with Crippen LogP contribution < -0.4 is 0 Å². The summed E-state index contributed by atoms with van der Waals surface area (Å²) in [6, 6.07) is 0. The summed E-state index contributed by atoms with van der Waals surface area (Å²) in [7, 11) is -9.02. The highest BCUT2D eigenvalue weighted by Crippen LogP contribution is 2.33. The van der Waals surface area contributed by atoms with Crippen LogP contribution in [0.1, 0.15) is 6.42 Å². The van der Waals surface area contributed by atoms with Crippen LogP contribution in [0.15, 0.2) is 4.99 Å². The van der Waals surface area contributed by atoms with Gasteiger partial charge in [0.15, 0.2) is 16.6 Å². The molecule has 25 heavy (non-hydrogen) atoms. The quantitative estimate of drug-likeness (QED) is 0.269. The van der Waals surface area contributed by atoms with Crippen molar-refractivity contribution in [3.05, 3.63) is 0 Å². The van der Waals surface area contributed by atoms with Crippen LogP contribution in [0.4, 0.5) is 0 Å². The zero-order valence-electron chi connectivity index (χ0n) is 18.1. The standard InChI is InChI=1S/C15H39NO4Si5/c1-21(2)15(12-13-16-14-17)23(6,7)19-25(10,11)20-24(8,9)18-22(3,4)5/h15,21H,12-13H2,1-11H3. The summed E-state index contributed by atoms with van der Waals surface area (Å²) in [5.74, 6) is 0. The molecule has 0 aliphatic rings. The Balaban J connectivity index is 5.16. The molecule has 0 rings (SSSR count). The van der Waals surface area contributed by atoms with Crippen molar-refractivity contribution in [3.8, 4) is 0 Å². The minimum Gasteiger partial charge on any atom is -0.437 e. The van der Waals surface area contributed by atoms with Gasteiger partial charge in [-0.1, -0.05) is 13.1 Å². The maximum absolute atomic E-state index is 10.4. The van der Waals surface area contributed by atoms with Gasteiger partial charge in [-0.25, -0.2) is 9.79 Å². The lowest BCUT2D eigenvalue weighted by atomic mass is 10.5. The zero-order valence-corrected chi connectivity index (χ0v) is 23.3. The Labute approximate surface area is 160 Å². The molecule has 0 fully saturated rings. The van der Waals surface area contributed by atoms with E-state index in [0.29, 0.717) is 11.7 Å². The van der Waals surface area contributed by atoms with E-state index < -0.39 is 42.6 Å². The minimum atomic E-state index is -2.30. The Hall–Kier alpha value is 0.344. The first-order valence-corrected chi connectivity index (χ1v) is 24.2. The number of isocyanates is 1. The number of hydrogen-bond acceptors (Lipinski definition) is 5. The third-order valence-corrected chi connectivity index (χ3v) is 24.7. The summed E-state index contributed by atoms with van der Waals surface area (Å²) in [5, 5.41) is 0.558. The number of carbonyl (C=O) groups excluding carboxylic acids is 1. The van der Waals surface area contributed by atoms with Gasteiger partial charge >= 0.3 is 17.1 Å². The third-order valence-electron chi connectivity index (χ3n) is 3.87. The second-order valence-corrected chi connectivity index (χ2v) is 29.6. The van der Waals surface area contributed by atoms with Crippen LogP contribution in [-0.4, -0.2) is 55.2 Å². The summed E-state index contributed by atoms with van der Waals surface area (Å²) in [6.45, 7) is 25.0. The van der Waals surface area contributed by atoms with Crippen LogP contribution in [-0.2, 0) is 17.1 Å². The van der Waals surface area contributed by atoms with E-state index in [9.17, 15) is 4.79 Å². The molecule has 0 amide bonds. The number of nitrogens with zero attached hydrogens (tertiary/aromatic N) is 1. The molecule has 1 unspecified atom stereocenters. The van der Waals surface area contributed by atoms with Gasteiger partial charge in [0, 0.05) is 8.80 Å². The van der Waals surface area contributed by atoms with Gasteiger partial charge < -0.3 is 12.3 Å². The topological polar surface area (TPSA) is 57.1 Å². The molecule has 148 valence electrons. The fourth-order valence-electron chi connectivity index (χ4n) is 3.81. The van der Waals surface area contributed by atoms with Crippen molar-refractivity contribution >= 4 is 48.6 Å². The Morgan fingerprint density at radius 1 is 0.880 bits per heavy atom. The van der Waals surface area contributed by atoms with Crippen LogP contribution in [0.2, 0.25) is 77.2 Å². The highest BCUT2D eigenvalue weighted by Gasteiger charge is 2.45. The smallest absolute Gasteiger partial charge is 0.312 e. The van der Waals surface area contributed by atoms with E-state index in [0.717, 1.165) is 6.42 Å². The molecule has 0 heterocycles. The maximum Gasteiger partial charge on any atom is 0.312 e. The molecule has 0 aromatic carbocycles. The van der Waals surface area contributed by atoms with Crippen molar-refractivity contribution in [2.45, 2.75) is 83.6 Å². The fourth-order valence-corrected chi connectivity index (χ4v) is 29.9. The molecule has 10 heteroatoms. The van der Waals surface area contributed by atoms with Crippen LogP contribution in [0.25, 0.3) is 0 Å². The average molecular weight is 438 g/mol. The van der Waals surface area contributed by atoms with Crippen LogP contribution in [0.5, 0.6) is 0 Å². The first kappa shape index (κ1) is 25.3. The molecular weight excluding hydrogens is 399 g/mol. The van der Waals surface area contributed by atoms with E-state index in [1.165, 1.54) is 0 Å². The molecule has 0 saturated carbocycles. The molecule has 0 spiro atoms. The van der Waals surface area contributed by atoms with E-state index in [-0.39, 0.29) is 0 Å². The van der Waals surface area contributed by atoms with Crippen LogP contribution in [0, 0.1) is 0 Å². The summed E-state index contributed by atoms with van der Waals surface area (Å²) >= 11 is 0. The van der Waals surface area contributed by atoms with Gasteiger partial charge in [-0.05, 0) is 70.5 Å². The molecule has 0 aromatic heterocycles. The summed E-state index contributed by atoms with van der Waals surface area (Å²) in [5.41, 5.74) is 0. The van der Waals surface area contributed by atoms with Gasteiger partial charge in [0.05, 0.1) is 6.54 Å². The molecule has 1 atom stereocenters. The Morgan fingerprint density at radius 3 is 1.76 bits per heavy atom. The van der Waals surface area contributed by atoms with Gasteiger partial charge in [0.25, 0.3) is 0 Å². The van der Waals surface area contributed by atoms with Crippen molar-refractivity contribution < 1.29 is 17.1 Å². The predicted molar refractivity (Wildman–Crippen MR) is 119 cm³/mol. The van der Waals surface area contributed by atoms with Gasteiger partial charge in [0.2, 0.25) is 6.08 Å². The molecular formula is C15H39NO4Si5. The van der Waals surface area contributed by atoms with Crippen molar-refractivity contribution in [2.75, 3.05) is 6.54 Å². The van der Waals surface area contributed by atoms with E-state index in [1.54, 1.807) is 6.08 Å². The lowest BCUT2D eigenvalue weighted by molar-refractivity contribution is 0.328. The summed E-state index contributed by atoms with van der Waals surface area (Å²) in [6.07, 6.45) is 2.58. The Kier molecular flexibility index (Phi) is 9.64. The molecule has 0 saturated heterocycles. The lowest BCUT2D eigenvalue weighted by Crippen LogP contribution is -2.57. The van der Waals surface area contributed by atoms with E-state index >= 15 is 0 Å². The Morgan fingerprint density at radius 2 is 1.36 bits per heavy atom. The average Bonchev–Trinajstić information content (AvgIpc) is 2.26. The molecule has 5 nitrogen and oxygen atoms in total. The fraction of sp³-hybridized carbons (Fsp3) is 0.933. The number of aliphatic imine (C=N–C) groups is 1. The van der Waals surface area contributed by atoms with Crippen molar-refractivity contribution in [1.82, 2.24) is 0 Å². The SMILES string of the molecule is C[SiH](C)C(CCN=C=O)[Si](C)(C)O[Si](C)(C)O[Si](C)(C)O[Si](C)(C)C. The van der Waals surface area contributed by atoms with Crippen molar-refractivity contribution in [1.29, 1.82) is 0 Å². The molecule has 0 bridgehead atoms.